The molecule has 2 nitrogen and oxygen atoms in total. The Hall–Kier alpha value is -2.35. The predicted octanol–water partition coefficient (Wildman–Crippen LogP) is 4.36. The van der Waals surface area contributed by atoms with E-state index in [2.05, 4.69) is 72.6 Å². The van der Waals surface area contributed by atoms with Crippen molar-refractivity contribution in [3.63, 3.8) is 0 Å². The van der Waals surface area contributed by atoms with Crippen molar-refractivity contribution in [3.05, 3.63) is 65.9 Å². The van der Waals surface area contributed by atoms with Crippen molar-refractivity contribution >= 4 is 0 Å². The molecule has 0 spiro atoms. The van der Waals surface area contributed by atoms with Crippen LogP contribution in [-0.4, -0.2) is 10.2 Å². The Morgan fingerprint density at radius 3 is 2.16 bits per heavy atom. The van der Waals surface area contributed by atoms with E-state index in [1.165, 1.54) is 16.7 Å². The second-order valence-corrected chi connectivity index (χ2v) is 4.80. The summed E-state index contributed by atoms with van der Waals surface area (Å²) in [4.78, 5) is 0. The van der Waals surface area contributed by atoms with Gasteiger partial charge in [-0.1, -0.05) is 60.2 Å². The van der Waals surface area contributed by atoms with Crippen LogP contribution >= 0.6 is 0 Å². The lowest BCUT2D eigenvalue weighted by Gasteiger charge is -2.04. The maximum absolute atomic E-state index is 4.47. The molecule has 0 bridgehead atoms. The molecule has 0 atom stereocenters. The number of aromatic amines is 1. The highest BCUT2D eigenvalue weighted by Crippen LogP contribution is 2.32. The first-order valence-corrected chi connectivity index (χ1v) is 6.43. The van der Waals surface area contributed by atoms with Crippen LogP contribution in [0.2, 0.25) is 0 Å². The summed E-state index contributed by atoms with van der Waals surface area (Å²) in [6.45, 7) is 4.16. The van der Waals surface area contributed by atoms with Crippen LogP contribution in [0, 0.1) is 13.8 Å². The van der Waals surface area contributed by atoms with E-state index in [1.807, 2.05) is 6.07 Å². The highest BCUT2D eigenvalue weighted by molar-refractivity contribution is 5.82. The zero-order chi connectivity index (χ0) is 13.2. The standard InChI is InChI=1S/C17H16N2/c1-12-8-10-15(11-9-12)17-16(13(2)18-19-17)14-6-4-3-5-7-14/h3-11H,1-2H3,(H,18,19). The summed E-state index contributed by atoms with van der Waals surface area (Å²) in [5.74, 6) is 0. The molecule has 2 heteroatoms. The van der Waals surface area contributed by atoms with E-state index in [0.717, 1.165) is 17.0 Å². The Bertz CT molecular complexity index is 679. The molecule has 0 aliphatic rings. The van der Waals surface area contributed by atoms with Crippen molar-refractivity contribution in [3.8, 4) is 22.4 Å². The molecule has 0 aliphatic carbocycles. The Labute approximate surface area is 113 Å². The van der Waals surface area contributed by atoms with Crippen molar-refractivity contribution in [2.24, 2.45) is 0 Å². The van der Waals surface area contributed by atoms with Crippen LogP contribution < -0.4 is 0 Å². The van der Waals surface area contributed by atoms with Crippen molar-refractivity contribution in [2.45, 2.75) is 13.8 Å². The first-order valence-electron chi connectivity index (χ1n) is 6.43. The van der Waals surface area contributed by atoms with Crippen LogP contribution in [-0.2, 0) is 0 Å². The molecule has 19 heavy (non-hydrogen) atoms. The molecule has 3 rings (SSSR count). The fourth-order valence-corrected chi connectivity index (χ4v) is 2.31. The van der Waals surface area contributed by atoms with Crippen molar-refractivity contribution in [1.29, 1.82) is 0 Å². The summed E-state index contributed by atoms with van der Waals surface area (Å²) in [6, 6.07) is 18.9. The number of H-pyrrole nitrogens is 1. The maximum atomic E-state index is 4.47. The van der Waals surface area contributed by atoms with Gasteiger partial charge in [0, 0.05) is 16.8 Å². The van der Waals surface area contributed by atoms with E-state index in [0.29, 0.717) is 0 Å². The monoisotopic (exact) mass is 248 g/mol. The van der Waals surface area contributed by atoms with Gasteiger partial charge in [0.1, 0.15) is 5.69 Å². The normalized spacial score (nSPS) is 10.6. The van der Waals surface area contributed by atoms with Gasteiger partial charge >= 0.3 is 0 Å². The van der Waals surface area contributed by atoms with Gasteiger partial charge in [-0.3, -0.25) is 5.10 Å². The Kier molecular flexibility index (Phi) is 2.92. The zero-order valence-electron chi connectivity index (χ0n) is 11.1. The SMILES string of the molecule is Cc1ccc(-c2n[nH]c(C)c2-c2ccccc2)cc1. The molecule has 2 aromatic carbocycles. The molecule has 1 aromatic heterocycles. The summed E-state index contributed by atoms with van der Waals surface area (Å²) >= 11 is 0. The smallest absolute Gasteiger partial charge is 0.100 e. The van der Waals surface area contributed by atoms with Crippen LogP contribution in [0.15, 0.2) is 54.6 Å². The summed E-state index contributed by atoms with van der Waals surface area (Å²) in [7, 11) is 0. The van der Waals surface area contributed by atoms with Gasteiger partial charge < -0.3 is 0 Å². The Morgan fingerprint density at radius 2 is 1.47 bits per heavy atom. The maximum Gasteiger partial charge on any atom is 0.100 e. The molecule has 0 radical (unpaired) electrons. The lowest BCUT2D eigenvalue weighted by molar-refractivity contribution is 1.05. The summed E-state index contributed by atoms with van der Waals surface area (Å²) < 4.78 is 0. The number of benzene rings is 2. The minimum absolute atomic E-state index is 1.02. The lowest BCUT2D eigenvalue weighted by atomic mass is 9.99. The number of hydrogen-bond acceptors (Lipinski definition) is 1. The van der Waals surface area contributed by atoms with Crippen molar-refractivity contribution in [1.82, 2.24) is 10.2 Å². The highest BCUT2D eigenvalue weighted by Gasteiger charge is 2.13. The number of aromatic nitrogens is 2. The van der Waals surface area contributed by atoms with Gasteiger partial charge in [0.2, 0.25) is 0 Å². The minimum atomic E-state index is 1.02. The van der Waals surface area contributed by atoms with E-state index in [9.17, 15) is 0 Å². The lowest BCUT2D eigenvalue weighted by Crippen LogP contribution is -1.84. The zero-order valence-corrected chi connectivity index (χ0v) is 11.1. The molecular weight excluding hydrogens is 232 g/mol. The molecule has 94 valence electrons. The molecular formula is C17H16N2. The fraction of sp³-hybridized carbons (Fsp3) is 0.118. The van der Waals surface area contributed by atoms with Crippen LogP contribution in [0.3, 0.4) is 0 Å². The second kappa shape index (κ2) is 4.73. The number of hydrogen-bond donors (Lipinski definition) is 1. The minimum Gasteiger partial charge on any atom is -0.282 e. The molecule has 0 saturated heterocycles. The van der Waals surface area contributed by atoms with Gasteiger partial charge in [0.05, 0.1) is 0 Å². The topological polar surface area (TPSA) is 28.7 Å². The van der Waals surface area contributed by atoms with Gasteiger partial charge in [-0.2, -0.15) is 5.10 Å². The molecule has 0 fully saturated rings. The third kappa shape index (κ3) is 2.17. The highest BCUT2D eigenvalue weighted by atomic mass is 15.1. The number of rotatable bonds is 2. The summed E-state index contributed by atoms with van der Waals surface area (Å²) in [5.41, 5.74) is 6.91. The van der Waals surface area contributed by atoms with Gasteiger partial charge in [-0.15, -0.1) is 0 Å². The van der Waals surface area contributed by atoms with Gasteiger partial charge in [0.15, 0.2) is 0 Å². The second-order valence-electron chi connectivity index (χ2n) is 4.80. The van der Waals surface area contributed by atoms with E-state index in [1.54, 1.807) is 0 Å². The molecule has 0 unspecified atom stereocenters. The fourth-order valence-electron chi connectivity index (χ4n) is 2.31. The average molecular weight is 248 g/mol. The first kappa shape index (κ1) is 11.7. The first-order chi connectivity index (χ1) is 9.25. The average Bonchev–Trinajstić information content (AvgIpc) is 2.82. The van der Waals surface area contributed by atoms with Crippen LogP contribution in [0.25, 0.3) is 22.4 Å². The largest absolute Gasteiger partial charge is 0.282 e. The number of nitrogens with one attached hydrogen (secondary N) is 1. The number of aryl methyl sites for hydroxylation is 2. The van der Waals surface area contributed by atoms with E-state index < -0.39 is 0 Å². The Balaban J connectivity index is 2.16. The van der Waals surface area contributed by atoms with Gasteiger partial charge in [0.25, 0.3) is 0 Å². The molecule has 1 N–H and O–H groups in total. The summed E-state index contributed by atoms with van der Waals surface area (Å²) in [6.07, 6.45) is 0. The van der Waals surface area contributed by atoms with Crippen molar-refractivity contribution in [2.75, 3.05) is 0 Å². The Morgan fingerprint density at radius 1 is 0.789 bits per heavy atom. The van der Waals surface area contributed by atoms with Crippen molar-refractivity contribution < 1.29 is 0 Å². The van der Waals surface area contributed by atoms with E-state index in [4.69, 9.17) is 0 Å². The van der Waals surface area contributed by atoms with Crippen LogP contribution in [0.4, 0.5) is 0 Å². The molecule has 0 amide bonds. The third-order valence-electron chi connectivity index (χ3n) is 3.33. The van der Waals surface area contributed by atoms with E-state index >= 15 is 0 Å². The molecule has 0 aliphatic heterocycles. The van der Waals surface area contributed by atoms with Crippen LogP contribution in [0.5, 0.6) is 0 Å². The third-order valence-corrected chi connectivity index (χ3v) is 3.33. The van der Waals surface area contributed by atoms with Crippen LogP contribution in [0.1, 0.15) is 11.3 Å². The predicted molar refractivity (Wildman–Crippen MR) is 78.9 cm³/mol. The quantitative estimate of drug-likeness (QED) is 0.717. The molecule has 1 heterocycles. The summed E-state index contributed by atoms with van der Waals surface area (Å²) in [5, 5.41) is 7.57. The van der Waals surface area contributed by atoms with Gasteiger partial charge in [-0.05, 0) is 19.4 Å². The van der Waals surface area contributed by atoms with Gasteiger partial charge in [-0.25, -0.2) is 0 Å². The number of nitrogens with zero attached hydrogens (tertiary/aromatic N) is 1. The molecule has 3 aromatic rings. The molecule has 0 saturated carbocycles. The van der Waals surface area contributed by atoms with E-state index in [-0.39, 0.29) is 0 Å².